The van der Waals surface area contributed by atoms with Crippen molar-refractivity contribution in [2.24, 2.45) is 0 Å². The van der Waals surface area contributed by atoms with Gasteiger partial charge in [0.15, 0.2) is 0 Å². The largest absolute Gasteiger partial charge is 0.478 e. The summed E-state index contributed by atoms with van der Waals surface area (Å²) < 4.78 is 0. The maximum Gasteiger partial charge on any atom is 0.331 e. The third-order valence-electron chi connectivity index (χ3n) is 1.44. The van der Waals surface area contributed by atoms with Crippen molar-refractivity contribution in [2.75, 3.05) is 0 Å². The Morgan fingerprint density at radius 2 is 2.09 bits per heavy atom. The Labute approximate surface area is 67.2 Å². The molecule has 0 atom stereocenters. The van der Waals surface area contributed by atoms with Crippen molar-refractivity contribution in [3.05, 3.63) is 23.8 Å². The first kappa shape index (κ1) is 9.95. The second kappa shape index (κ2) is 5.71. The molecular weight excluding hydrogens is 140 g/mol. The highest BCUT2D eigenvalue weighted by atomic mass is 16.4. The number of carboxylic acid groups (broad SMARTS) is 1. The molecule has 1 N–H and O–H groups in total. The van der Waals surface area contributed by atoms with E-state index in [1.807, 2.05) is 19.1 Å². The summed E-state index contributed by atoms with van der Waals surface area (Å²) >= 11 is 0. The van der Waals surface area contributed by atoms with Crippen molar-refractivity contribution in [2.45, 2.75) is 26.7 Å². The van der Waals surface area contributed by atoms with Crippen molar-refractivity contribution in [3.8, 4) is 0 Å². The van der Waals surface area contributed by atoms with E-state index in [0.717, 1.165) is 6.42 Å². The van der Waals surface area contributed by atoms with Crippen LogP contribution in [-0.2, 0) is 4.79 Å². The summed E-state index contributed by atoms with van der Waals surface area (Å²) in [7, 11) is 0. The summed E-state index contributed by atoms with van der Waals surface area (Å²) in [6.07, 6.45) is 6.96. The van der Waals surface area contributed by atoms with E-state index in [-0.39, 0.29) is 0 Å². The van der Waals surface area contributed by atoms with Crippen LogP contribution >= 0.6 is 0 Å². The molecule has 0 aliphatic heterocycles. The molecule has 62 valence electrons. The lowest BCUT2D eigenvalue weighted by atomic mass is 10.1. The third kappa shape index (κ3) is 4.37. The summed E-state index contributed by atoms with van der Waals surface area (Å²) in [5.41, 5.74) is 0.489. The molecule has 11 heavy (non-hydrogen) atoms. The SMILES string of the molecule is C/C=C/CC/C(=C\C)C(=O)O. The van der Waals surface area contributed by atoms with Crippen molar-refractivity contribution >= 4 is 5.97 Å². The minimum absolute atomic E-state index is 0.489. The van der Waals surface area contributed by atoms with Crippen molar-refractivity contribution in [1.29, 1.82) is 0 Å². The molecule has 0 aromatic rings. The molecule has 2 heteroatoms. The Bertz CT molecular complexity index is 178. The summed E-state index contributed by atoms with van der Waals surface area (Å²) in [5, 5.41) is 8.58. The van der Waals surface area contributed by atoms with Gasteiger partial charge in [-0.2, -0.15) is 0 Å². The van der Waals surface area contributed by atoms with Crippen LogP contribution in [0.2, 0.25) is 0 Å². The molecule has 0 rings (SSSR count). The van der Waals surface area contributed by atoms with E-state index in [1.54, 1.807) is 13.0 Å². The molecule has 0 spiro atoms. The zero-order valence-corrected chi connectivity index (χ0v) is 7.00. The van der Waals surface area contributed by atoms with Gasteiger partial charge < -0.3 is 5.11 Å². The Hall–Kier alpha value is -1.05. The summed E-state index contributed by atoms with van der Waals surface area (Å²) in [4.78, 5) is 10.4. The van der Waals surface area contributed by atoms with E-state index in [4.69, 9.17) is 5.11 Å². The standard InChI is InChI=1S/C9H14O2/c1-3-5-6-7-8(4-2)9(10)11/h3-5H,6-7H2,1-2H3,(H,10,11)/b5-3+,8-4+. The first-order valence-electron chi connectivity index (χ1n) is 3.72. The van der Waals surface area contributed by atoms with Gasteiger partial charge in [-0.1, -0.05) is 18.2 Å². The summed E-state index contributed by atoms with van der Waals surface area (Å²) in [5.74, 6) is -0.808. The average Bonchev–Trinajstić information content (AvgIpc) is 1.97. The molecule has 0 aliphatic carbocycles. The van der Waals surface area contributed by atoms with Crippen LogP contribution in [0.1, 0.15) is 26.7 Å². The molecule has 0 bridgehead atoms. The van der Waals surface area contributed by atoms with Gasteiger partial charge in [0.2, 0.25) is 0 Å². The molecule has 0 aromatic heterocycles. The monoisotopic (exact) mass is 154 g/mol. The zero-order chi connectivity index (χ0) is 8.69. The number of carbonyl (C=O) groups is 1. The van der Waals surface area contributed by atoms with E-state index in [2.05, 4.69) is 0 Å². The van der Waals surface area contributed by atoms with E-state index >= 15 is 0 Å². The number of aliphatic carboxylic acids is 1. The number of rotatable bonds is 4. The fourth-order valence-corrected chi connectivity index (χ4v) is 0.780. The van der Waals surface area contributed by atoms with Crippen molar-refractivity contribution in [3.63, 3.8) is 0 Å². The van der Waals surface area contributed by atoms with Gasteiger partial charge in [-0.05, 0) is 26.7 Å². The summed E-state index contributed by atoms with van der Waals surface area (Å²) in [6.45, 7) is 3.68. The van der Waals surface area contributed by atoms with E-state index in [1.165, 1.54) is 0 Å². The van der Waals surface area contributed by atoms with Crippen molar-refractivity contribution < 1.29 is 9.90 Å². The van der Waals surface area contributed by atoms with Gasteiger partial charge in [0.05, 0.1) is 0 Å². The summed E-state index contributed by atoms with van der Waals surface area (Å²) in [6, 6.07) is 0. The van der Waals surface area contributed by atoms with E-state index in [0.29, 0.717) is 12.0 Å². The predicted molar refractivity (Wildman–Crippen MR) is 45.4 cm³/mol. The Morgan fingerprint density at radius 1 is 1.45 bits per heavy atom. The fourth-order valence-electron chi connectivity index (χ4n) is 0.780. The highest BCUT2D eigenvalue weighted by Gasteiger charge is 2.02. The normalized spacial score (nSPS) is 12.4. The van der Waals surface area contributed by atoms with Crippen LogP contribution in [0.15, 0.2) is 23.8 Å². The minimum atomic E-state index is -0.808. The molecule has 0 aliphatic rings. The first-order chi connectivity index (χ1) is 5.22. The lowest BCUT2D eigenvalue weighted by molar-refractivity contribution is -0.132. The third-order valence-corrected chi connectivity index (χ3v) is 1.44. The van der Waals surface area contributed by atoms with Crippen LogP contribution in [0, 0.1) is 0 Å². The molecule has 0 aromatic carbocycles. The van der Waals surface area contributed by atoms with Crippen molar-refractivity contribution in [1.82, 2.24) is 0 Å². The molecule has 0 saturated carbocycles. The van der Waals surface area contributed by atoms with Gasteiger partial charge in [0.25, 0.3) is 0 Å². The highest BCUT2D eigenvalue weighted by Crippen LogP contribution is 2.05. The van der Waals surface area contributed by atoms with Gasteiger partial charge in [0.1, 0.15) is 0 Å². The van der Waals surface area contributed by atoms with Gasteiger partial charge in [0, 0.05) is 5.57 Å². The second-order valence-corrected chi connectivity index (χ2v) is 2.23. The Morgan fingerprint density at radius 3 is 2.45 bits per heavy atom. The highest BCUT2D eigenvalue weighted by molar-refractivity contribution is 5.86. The van der Waals surface area contributed by atoms with Gasteiger partial charge >= 0.3 is 5.97 Å². The maximum absolute atomic E-state index is 10.4. The first-order valence-corrected chi connectivity index (χ1v) is 3.72. The van der Waals surface area contributed by atoms with Crippen LogP contribution in [0.5, 0.6) is 0 Å². The Balaban J connectivity index is 3.82. The number of carboxylic acids is 1. The molecule has 0 amide bonds. The van der Waals surface area contributed by atoms with E-state index < -0.39 is 5.97 Å². The van der Waals surface area contributed by atoms with Gasteiger partial charge in [-0.25, -0.2) is 4.79 Å². The lowest BCUT2D eigenvalue weighted by Gasteiger charge is -1.96. The minimum Gasteiger partial charge on any atom is -0.478 e. The molecule has 0 radical (unpaired) electrons. The lowest BCUT2D eigenvalue weighted by Crippen LogP contribution is -1.99. The number of allylic oxidation sites excluding steroid dienone is 3. The van der Waals surface area contributed by atoms with Crippen LogP contribution in [0.3, 0.4) is 0 Å². The Kier molecular flexibility index (Phi) is 5.17. The fraction of sp³-hybridized carbons (Fsp3) is 0.444. The molecular formula is C9H14O2. The van der Waals surface area contributed by atoms with Crippen LogP contribution in [0.4, 0.5) is 0 Å². The molecule has 0 fully saturated rings. The van der Waals surface area contributed by atoms with E-state index in [9.17, 15) is 4.79 Å². The molecule has 0 unspecified atom stereocenters. The molecule has 2 nitrogen and oxygen atoms in total. The zero-order valence-electron chi connectivity index (χ0n) is 7.00. The quantitative estimate of drug-likeness (QED) is 0.498. The molecule has 0 saturated heterocycles. The van der Waals surface area contributed by atoms with Gasteiger partial charge in [-0.15, -0.1) is 0 Å². The maximum atomic E-state index is 10.4. The number of hydrogen-bond acceptors (Lipinski definition) is 1. The van der Waals surface area contributed by atoms with Gasteiger partial charge in [-0.3, -0.25) is 0 Å². The smallest absolute Gasteiger partial charge is 0.331 e. The van der Waals surface area contributed by atoms with Crippen LogP contribution in [-0.4, -0.2) is 11.1 Å². The predicted octanol–water partition coefficient (Wildman–Crippen LogP) is 2.37. The van der Waals surface area contributed by atoms with Crippen LogP contribution in [0.25, 0.3) is 0 Å². The molecule has 0 heterocycles. The average molecular weight is 154 g/mol. The topological polar surface area (TPSA) is 37.3 Å². The van der Waals surface area contributed by atoms with Crippen LogP contribution < -0.4 is 0 Å². The number of hydrogen-bond donors (Lipinski definition) is 1. The second-order valence-electron chi connectivity index (χ2n) is 2.23.